The van der Waals surface area contributed by atoms with Crippen LogP contribution in [0.25, 0.3) is 5.69 Å². The smallest absolute Gasteiger partial charge is 0.272 e. The Morgan fingerprint density at radius 1 is 1.07 bits per heavy atom. The lowest BCUT2D eigenvalue weighted by Crippen LogP contribution is -2.28. The van der Waals surface area contributed by atoms with Crippen LogP contribution in [0, 0.1) is 4.77 Å². The Hall–Kier alpha value is -2.66. The zero-order chi connectivity index (χ0) is 19.6. The van der Waals surface area contributed by atoms with Gasteiger partial charge in [0.1, 0.15) is 5.69 Å². The maximum atomic E-state index is 13.0. The standard InChI is InChI=1S/C22H25N3OS/c1-22(2,3)17-12-10-16(11-13-17)15-24(4)20(26)19-14-23-21(27)25(19)18-8-6-5-7-9-18/h5-14H,15H2,1-4H3,(H,23,27). The highest BCUT2D eigenvalue weighted by atomic mass is 32.1. The maximum absolute atomic E-state index is 13.0. The molecule has 5 heteroatoms. The van der Waals surface area contributed by atoms with E-state index in [1.165, 1.54) is 5.56 Å². The highest BCUT2D eigenvalue weighted by molar-refractivity contribution is 7.71. The molecule has 0 aliphatic carbocycles. The number of hydrogen-bond acceptors (Lipinski definition) is 2. The molecule has 4 nitrogen and oxygen atoms in total. The molecule has 0 bridgehead atoms. The van der Waals surface area contributed by atoms with Gasteiger partial charge in [-0.15, -0.1) is 0 Å². The predicted octanol–water partition coefficient (Wildman–Crippen LogP) is 5.10. The lowest BCUT2D eigenvalue weighted by molar-refractivity contribution is 0.0777. The van der Waals surface area contributed by atoms with Crippen molar-refractivity contribution < 1.29 is 4.79 Å². The van der Waals surface area contributed by atoms with Crippen LogP contribution in [-0.4, -0.2) is 27.4 Å². The Kier molecular flexibility index (Phi) is 5.33. The molecule has 27 heavy (non-hydrogen) atoms. The molecule has 0 spiro atoms. The number of nitrogens with one attached hydrogen (secondary N) is 1. The predicted molar refractivity (Wildman–Crippen MR) is 112 cm³/mol. The SMILES string of the molecule is CN(Cc1ccc(C(C)(C)C)cc1)C(=O)c1c[nH]c(=S)n1-c1ccccc1. The van der Waals surface area contributed by atoms with Crippen LogP contribution in [0.5, 0.6) is 0 Å². The number of amides is 1. The van der Waals surface area contributed by atoms with E-state index in [4.69, 9.17) is 12.2 Å². The Balaban J connectivity index is 1.82. The first kappa shape index (κ1) is 19.1. The van der Waals surface area contributed by atoms with Gasteiger partial charge in [-0.3, -0.25) is 9.36 Å². The fraction of sp³-hybridized carbons (Fsp3) is 0.273. The average Bonchev–Trinajstić information content (AvgIpc) is 3.03. The van der Waals surface area contributed by atoms with Gasteiger partial charge in [-0.05, 0) is 40.9 Å². The van der Waals surface area contributed by atoms with E-state index < -0.39 is 0 Å². The zero-order valence-electron chi connectivity index (χ0n) is 16.2. The van der Waals surface area contributed by atoms with Crippen LogP contribution < -0.4 is 0 Å². The van der Waals surface area contributed by atoms with Crippen LogP contribution >= 0.6 is 12.2 Å². The summed E-state index contributed by atoms with van der Waals surface area (Å²) < 4.78 is 2.28. The van der Waals surface area contributed by atoms with Crippen LogP contribution in [0.4, 0.5) is 0 Å². The third-order valence-corrected chi connectivity index (χ3v) is 4.90. The molecule has 0 atom stereocenters. The molecule has 0 radical (unpaired) electrons. The first-order chi connectivity index (χ1) is 12.8. The Labute approximate surface area is 165 Å². The van der Waals surface area contributed by atoms with Gasteiger partial charge in [0.05, 0.1) is 0 Å². The molecule has 0 saturated carbocycles. The highest BCUT2D eigenvalue weighted by Gasteiger charge is 2.19. The molecule has 0 aliphatic heterocycles. The minimum Gasteiger partial charge on any atom is -0.336 e. The molecule has 3 aromatic rings. The molecule has 0 fully saturated rings. The second-order valence-electron chi connectivity index (χ2n) is 7.76. The number of para-hydroxylation sites is 1. The van der Waals surface area contributed by atoms with Gasteiger partial charge in [0, 0.05) is 25.5 Å². The van der Waals surface area contributed by atoms with Crippen LogP contribution in [0.1, 0.15) is 42.4 Å². The van der Waals surface area contributed by atoms with Crippen LogP contribution in [0.3, 0.4) is 0 Å². The van der Waals surface area contributed by atoms with Gasteiger partial charge in [-0.1, -0.05) is 63.2 Å². The normalized spacial score (nSPS) is 11.4. The van der Waals surface area contributed by atoms with Crippen molar-refractivity contribution in [2.45, 2.75) is 32.7 Å². The first-order valence-electron chi connectivity index (χ1n) is 8.98. The van der Waals surface area contributed by atoms with E-state index in [-0.39, 0.29) is 11.3 Å². The summed E-state index contributed by atoms with van der Waals surface area (Å²) >= 11 is 5.38. The number of imidazole rings is 1. The lowest BCUT2D eigenvalue weighted by atomic mass is 9.87. The van der Waals surface area contributed by atoms with Crippen LogP contribution in [0.15, 0.2) is 60.8 Å². The number of rotatable bonds is 4. The van der Waals surface area contributed by atoms with Crippen molar-refractivity contribution in [2.75, 3.05) is 7.05 Å². The number of carbonyl (C=O) groups excluding carboxylic acids is 1. The number of carbonyl (C=O) groups is 1. The van der Waals surface area contributed by atoms with Gasteiger partial charge >= 0.3 is 0 Å². The Bertz CT molecular complexity index is 979. The van der Waals surface area contributed by atoms with Gasteiger partial charge in [0.2, 0.25) is 0 Å². The minimum absolute atomic E-state index is 0.0777. The third-order valence-electron chi connectivity index (χ3n) is 4.60. The summed E-state index contributed by atoms with van der Waals surface area (Å²) in [6, 6.07) is 18.1. The molecule has 0 saturated heterocycles. The molecule has 140 valence electrons. The minimum atomic E-state index is -0.0777. The second-order valence-corrected chi connectivity index (χ2v) is 8.14. The second kappa shape index (κ2) is 7.53. The zero-order valence-corrected chi connectivity index (χ0v) is 17.0. The third kappa shape index (κ3) is 4.19. The molecule has 1 aromatic heterocycles. The Morgan fingerprint density at radius 2 is 1.70 bits per heavy atom. The van der Waals surface area contributed by atoms with Gasteiger partial charge in [0.15, 0.2) is 4.77 Å². The maximum Gasteiger partial charge on any atom is 0.272 e. The molecule has 2 aromatic carbocycles. The van der Waals surface area contributed by atoms with Crippen molar-refractivity contribution in [3.8, 4) is 5.69 Å². The van der Waals surface area contributed by atoms with Crippen LogP contribution in [0.2, 0.25) is 0 Å². The summed E-state index contributed by atoms with van der Waals surface area (Å²) in [5, 5.41) is 0. The van der Waals surface area contributed by atoms with E-state index in [0.29, 0.717) is 17.0 Å². The fourth-order valence-electron chi connectivity index (χ4n) is 3.01. The monoisotopic (exact) mass is 379 g/mol. The highest BCUT2D eigenvalue weighted by Crippen LogP contribution is 2.22. The van der Waals surface area contributed by atoms with Crippen molar-refractivity contribution in [3.05, 3.63) is 82.4 Å². The van der Waals surface area contributed by atoms with Gasteiger partial charge < -0.3 is 9.88 Å². The molecular weight excluding hydrogens is 354 g/mol. The first-order valence-corrected chi connectivity index (χ1v) is 9.39. The fourth-order valence-corrected chi connectivity index (χ4v) is 3.27. The molecule has 1 amide bonds. The van der Waals surface area contributed by atoms with Crippen molar-refractivity contribution in [3.63, 3.8) is 0 Å². The van der Waals surface area contributed by atoms with Crippen molar-refractivity contribution in [1.82, 2.24) is 14.5 Å². The summed E-state index contributed by atoms with van der Waals surface area (Å²) in [6.07, 6.45) is 1.68. The summed E-state index contributed by atoms with van der Waals surface area (Å²) in [5.41, 5.74) is 3.89. The van der Waals surface area contributed by atoms with Gasteiger partial charge in [-0.25, -0.2) is 0 Å². The number of H-pyrrole nitrogens is 1. The van der Waals surface area contributed by atoms with Gasteiger partial charge in [0.25, 0.3) is 5.91 Å². The number of benzene rings is 2. The topological polar surface area (TPSA) is 41.0 Å². The van der Waals surface area contributed by atoms with Crippen molar-refractivity contribution in [2.24, 2.45) is 0 Å². The lowest BCUT2D eigenvalue weighted by Gasteiger charge is -2.21. The van der Waals surface area contributed by atoms with E-state index >= 15 is 0 Å². The van der Waals surface area contributed by atoms with E-state index in [9.17, 15) is 4.79 Å². The number of aromatic amines is 1. The van der Waals surface area contributed by atoms with E-state index in [1.54, 1.807) is 15.7 Å². The van der Waals surface area contributed by atoms with E-state index in [2.05, 4.69) is 50.0 Å². The van der Waals surface area contributed by atoms with Crippen LogP contribution in [-0.2, 0) is 12.0 Å². The van der Waals surface area contributed by atoms with E-state index in [1.807, 2.05) is 37.4 Å². The van der Waals surface area contributed by atoms with Crippen molar-refractivity contribution in [1.29, 1.82) is 0 Å². The molecule has 1 N–H and O–H groups in total. The molecule has 0 unspecified atom stereocenters. The largest absolute Gasteiger partial charge is 0.336 e. The number of hydrogen-bond donors (Lipinski definition) is 1. The molecule has 1 heterocycles. The molecule has 3 rings (SSSR count). The van der Waals surface area contributed by atoms with E-state index in [0.717, 1.165) is 11.3 Å². The van der Waals surface area contributed by atoms with Gasteiger partial charge in [-0.2, -0.15) is 0 Å². The summed E-state index contributed by atoms with van der Waals surface area (Å²) in [6.45, 7) is 7.12. The Morgan fingerprint density at radius 3 is 2.30 bits per heavy atom. The molecular formula is C22H25N3OS. The summed E-state index contributed by atoms with van der Waals surface area (Å²) in [5.74, 6) is -0.0777. The summed E-state index contributed by atoms with van der Waals surface area (Å²) in [7, 11) is 1.81. The molecule has 0 aliphatic rings. The van der Waals surface area contributed by atoms with Crippen molar-refractivity contribution >= 4 is 18.1 Å². The number of nitrogens with zero attached hydrogens (tertiary/aromatic N) is 2. The average molecular weight is 380 g/mol. The summed E-state index contributed by atoms with van der Waals surface area (Å²) in [4.78, 5) is 17.7. The number of aromatic nitrogens is 2. The quantitative estimate of drug-likeness (QED) is 0.640.